The Morgan fingerprint density at radius 3 is 2.63 bits per heavy atom. The maximum Gasteiger partial charge on any atom is 0.236 e. The lowest BCUT2D eigenvalue weighted by atomic mass is 10.3. The first kappa shape index (κ1) is 22.5. The van der Waals surface area contributed by atoms with Gasteiger partial charge >= 0.3 is 0 Å². The normalized spacial score (nSPS) is 10.8. The summed E-state index contributed by atoms with van der Waals surface area (Å²) in [5, 5.41) is 17.5. The van der Waals surface area contributed by atoms with E-state index in [0.29, 0.717) is 38.4 Å². The number of hydrogen-bond donors (Lipinski definition) is 2. The molecule has 0 saturated heterocycles. The zero-order chi connectivity index (χ0) is 21.7. The fraction of sp³-hybridized carbons (Fsp3) is 0.278. The van der Waals surface area contributed by atoms with Crippen molar-refractivity contribution >= 4 is 68.9 Å². The van der Waals surface area contributed by atoms with Crippen LogP contribution in [0.15, 0.2) is 28.7 Å². The van der Waals surface area contributed by atoms with Gasteiger partial charge in [0.1, 0.15) is 5.82 Å². The van der Waals surface area contributed by atoms with Crippen molar-refractivity contribution in [3.05, 3.63) is 45.1 Å². The van der Waals surface area contributed by atoms with Gasteiger partial charge in [-0.3, -0.25) is 9.59 Å². The molecule has 0 aliphatic carbocycles. The summed E-state index contributed by atoms with van der Waals surface area (Å²) in [5.41, 5.74) is 1.40. The molecule has 2 amide bonds. The number of aryl methyl sites for hydroxylation is 1. The predicted molar refractivity (Wildman–Crippen MR) is 121 cm³/mol. The van der Waals surface area contributed by atoms with Crippen LogP contribution in [0.5, 0.6) is 0 Å². The minimum Gasteiger partial charge on any atom is -0.326 e. The van der Waals surface area contributed by atoms with Gasteiger partial charge in [0.25, 0.3) is 0 Å². The van der Waals surface area contributed by atoms with Gasteiger partial charge in [-0.25, -0.2) is 4.98 Å². The summed E-state index contributed by atoms with van der Waals surface area (Å²) in [6, 6.07) is 4.86. The van der Waals surface area contributed by atoms with Crippen LogP contribution in [0.2, 0.25) is 10.0 Å². The van der Waals surface area contributed by atoms with E-state index in [-0.39, 0.29) is 24.0 Å². The molecule has 0 aliphatic rings. The Morgan fingerprint density at radius 1 is 1.17 bits per heavy atom. The number of benzene rings is 1. The minimum absolute atomic E-state index is 0.0340. The van der Waals surface area contributed by atoms with Crippen LogP contribution in [0.1, 0.15) is 18.4 Å². The SMILES string of the molecule is CCn1c(CC(=O)Nc2ccc(Cl)c(Cl)c2)nnc1SCC(=O)Nc1nc(C)cs1. The van der Waals surface area contributed by atoms with Crippen LogP contribution < -0.4 is 10.6 Å². The van der Waals surface area contributed by atoms with E-state index < -0.39 is 0 Å². The number of aromatic nitrogens is 4. The fourth-order valence-electron chi connectivity index (χ4n) is 2.49. The molecular weight excluding hydrogens is 467 g/mol. The van der Waals surface area contributed by atoms with Gasteiger partial charge in [0.2, 0.25) is 11.8 Å². The third-order valence-corrected chi connectivity index (χ3v) is 6.41. The number of carbonyl (C=O) groups is 2. The molecule has 0 unspecified atom stereocenters. The fourth-order valence-corrected chi connectivity index (χ4v) is 4.32. The molecule has 0 bridgehead atoms. The van der Waals surface area contributed by atoms with E-state index in [1.807, 2.05) is 19.2 Å². The molecule has 8 nitrogen and oxygen atoms in total. The number of hydrogen-bond acceptors (Lipinski definition) is 7. The van der Waals surface area contributed by atoms with Gasteiger partial charge in [-0.15, -0.1) is 21.5 Å². The Kier molecular flexibility index (Phi) is 7.70. The van der Waals surface area contributed by atoms with Crippen molar-refractivity contribution in [2.24, 2.45) is 0 Å². The highest BCUT2D eigenvalue weighted by atomic mass is 35.5. The summed E-state index contributed by atoms with van der Waals surface area (Å²) in [5.74, 6) is 0.225. The summed E-state index contributed by atoms with van der Waals surface area (Å²) < 4.78 is 1.81. The first-order valence-electron chi connectivity index (χ1n) is 8.87. The third kappa shape index (κ3) is 5.94. The summed E-state index contributed by atoms with van der Waals surface area (Å²) >= 11 is 14.5. The number of rotatable bonds is 8. The van der Waals surface area contributed by atoms with Gasteiger partial charge in [0.15, 0.2) is 10.3 Å². The van der Waals surface area contributed by atoms with Gasteiger partial charge in [-0.2, -0.15) is 0 Å². The average Bonchev–Trinajstić information content (AvgIpc) is 3.28. The number of halogens is 2. The van der Waals surface area contributed by atoms with E-state index in [9.17, 15) is 9.59 Å². The lowest BCUT2D eigenvalue weighted by molar-refractivity contribution is -0.116. The number of thiazole rings is 1. The zero-order valence-corrected chi connectivity index (χ0v) is 19.3. The van der Waals surface area contributed by atoms with Crippen molar-refractivity contribution in [1.82, 2.24) is 19.7 Å². The molecule has 2 N–H and O–H groups in total. The summed E-state index contributed by atoms with van der Waals surface area (Å²) in [6.45, 7) is 4.36. The van der Waals surface area contributed by atoms with Crippen LogP contribution in [0.25, 0.3) is 0 Å². The highest BCUT2D eigenvalue weighted by molar-refractivity contribution is 7.99. The zero-order valence-electron chi connectivity index (χ0n) is 16.1. The van der Waals surface area contributed by atoms with Crippen molar-refractivity contribution in [3.63, 3.8) is 0 Å². The number of nitrogens with one attached hydrogen (secondary N) is 2. The number of nitrogens with zero attached hydrogens (tertiary/aromatic N) is 4. The van der Waals surface area contributed by atoms with Gasteiger partial charge in [0, 0.05) is 17.6 Å². The van der Waals surface area contributed by atoms with E-state index in [1.165, 1.54) is 23.1 Å². The van der Waals surface area contributed by atoms with Crippen LogP contribution in [0, 0.1) is 6.92 Å². The largest absolute Gasteiger partial charge is 0.326 e. The first-order chi connectivity index (χ1) is 14.4. The van der Waals surface area contributed by atoms with Gasteiger partial charge in [0.05, 0.1) is 27.9 Å². The monoisotopic (exact) mass is 484 g/mol. The molecule has 2 aromatic heterocycles. The molecule has 0 fully saturated rings. The Labute approximate surface area is 191 Å². The molecule has 3 aromatic rings. The Hall–Kier alpha value is -2.14. The molecular formula is C18H18Cl2N6O2S2. The molecule has 158 valence electrons. The number of anilines is 2. The van der Waals surface area contributed by atoms with E-state index in [0.717, 1.165) is 5.69 Å². The summed E-state index contributed by atoms with van der Waals surface area (Å²) in [4.78, 5) is 28.7. The number of carbonyl (C=O) groups excluding carboxylic acids is 2. The van der Waals surface area contributed by atoms with Gasteiger partial charge in [-0.05, 0) is 32.0 Å². The number of amides is 2. The van der Waals surface area contributed by atoms with Crippen LogP contribution in [-0.2, 0) is 22.6 Å². The second kappa shape index (κ2) is 10.3. The second-order valence-electron chi connectivity index (χ2n) is 6.13. The molecule has 0 radical (unpaired) electrons. The Morgan fingerprint density at radius 2 is 1.97 bits per heavy atom. The standard InChI is InChI=1S/C18H18Cl2N6O2S2/c1-3-26-14(7-15(27)22-11-4-5-12(19)13(20)6-11)24-25-18(26)30-9-16(28)23-17-21-10(2)8-29-17/h4-6,8H,3,7,9H2,1-2H3,(H,22,27)(H,21,23,28). The molecule has 0 atom stereocenters. The Bertz CT molecular complexity index is 1070. The van der Waals surface area contributed by atoms with Gasteiger partial charge < -0.3 is 15.2 Å². The summed E-state index contributed by atoms with van der Waals surface area (Å²) in [7, 11) is 0. The van der Waals surface area contributed by atoms with Crippen LogP contribution >= 0.6 is 46.3 Å². The topological polar surface area (TPSA) is 102 Å². The lowest BCUT2D eigenvalue weighted by Gasteiger charge is -2.08. The minimum atomic E-state index is -0.260. The van der Waals surface area contributed by atoms with Crippen LogP contribution in [-0.4, -0.2) is 37.3 Å². The molecule has 12 heteroatoms. The number of thioether (sulfide) groups is 1. The Balaban J connectivity index is 1.58. The molecule has 30 heavy (non-hydrogen) atoms. The predicted octanol–water partition coefficient (Wildman–Crippen LogP) is 4.28. The van der Waals surface area contributed by atoms with Crippen LogP contribution in [0.3, 0.4) is 0 Å². The van der Waals surface area contributed by atoms with Crippen molar-refractivity contribution in [3.8, 4) is 0 Å². The molecule has 0 aliphatic heterocycles. The molecule has 2 heterocycles. The van der Waals surface area contributed by atoms with E-state index in [1.54, 1.807) is 22.8 Å². The maximum absolute atomic E-state index is 12.4. The van der Waals surface area contributed by atoms with E-state index >= 15 is 0 Å². The van der Waals surface area contributed by atoms with Gasteiger partial charge in [-0.1, -0.05) is 35.0 Å². The second-order valence-corrected chi connectivity index (χ2v) is 8.74. The smallest absolute Gasteiger partial charge is 0.236 e. The maximum atomic E-state index is 12.4. The first-order valence-corrected chi connectivity index (χ1v) is 11.5. The highest BCUT2D eigenvalue weighted by Gasteiger charge is 2.16. The van der Waals surface area contributed by atoms with E-state index in [4.69, 9.17) is 23.2 Å². The molecule has 0 saturated carbocycles. The average molecular weight is 485 g/mol. The molecule has 1 aromatic carbocycles. The molecule has 3 rings (SSSR count). The molecule has 0 spiro atoms. The third-order valence-electron chi connectivity index (χ3n) is 3.83. The van der Waals surface area contributed by atoms with E-state index in [2.05, 4.69) is 25.8 Å². The summed E-state index contributed by atoms with van der Waals surface area (Å²) in [6.07, 6.45) is 0.0340. The quantitative estimate of drug-likeness (QED) is 0.462. The van der Waals surface area contributed by atoms with Crippen molar-refractivity contribution < 1.29 is 9.59 Å². The lowest BCUT2D eigenvalue weighted by Crippen LogP contribution is -2.18. The highest BCUT2D eigenvalue weighted by Crippen LogP contribution is 2.25. The van der Waals surface area contributed by atoms with Crippen molar-refractivity contribution in [2.45, 2.75) is 32.0 Å². The van der Waals surface area contributed by atoms with Crippen molar-refractivity contribution in [1.29, 1.82) is 0 Å². The van der Waals surface area contributed by atoms with Crippen LogP contribution in [0.4, 0.5) is 10.8 Å². The van der Waals surface area contributed by atoms with Crippen molar-refractivity contribution in [2.75, 3.05) is 16.4 Å².